The maximum atomic E-state index is 13.2. The highest BCUT2D eigenvalue weighted by molar-refractivity contribution is 7.13. The van der Waals surface area contributed by atoms with Crippen molar-refractivity contribution in [1.82, 2.24) is 20.2 Å². The predicted molar refractivity (Wildman–Crippen MR) is 150 cm³/mol. The van der Waals surface area contributed by atoms with Crippen molar-refractivity contribution in [2.24, 2.45) is 11.8 Å². The lowest BCUT2D eigenvalue weighted by Gasteiger charge is -2.23. The SMILES string of the molecule is COC(=O)/C=C/CC[C@H](NC(=O)c1sc(C(F)(F)F)nc1C)C(=O)Nc1cccn(CC(=O)N[C@@H]2CC3CCC2C3)c1=O. The molecule has 43 heavy (non-hydrogen) atoms. The largest absolute Gasteiger partial charge is 0.466 e. The molecule has 2 unspecified atom stereocenters. The lowest BCUT2D eigenvalue weighted by atomic mass is 9.95. The molecule has 2 aliphatic carbocycles. The molecule has 2 aromatic heterocycles. The Kier molecular flexibility index (Phi) is 10.0. The van der Waals surface area contributed by atoms with Crippen LogP contribution in [0.4, 0.5) is 18.9 Å². The monoisotopic (exact) mass is 623 g/mol. The Balaban J connectivity index is 1.45. The van der Waals surface area contributed by atoms with Crippen molar-refractivity contribution >= 4 is 40.7 Å². The van der Waals surface area contributed by atoms with Crippen LogP contribution >= 0.6 is 11.3 Å². The first kappa shape index (κ1) is 31.9. The molecule has 0 spiro atoms. The second-order valence-corrected chi connectivity index (χ2v) is 11.7. The summed E-state index contributed by atoms with van der Waals surface area (Å²) in [5, 5.41) is 6.67. The zero-order chi connectivity index (χ0) is 31.3. The molecule has 15 heteroatoms. The summed E-state index contributed by atoms with van der Waals surface area (Å²) in [5.41, 5.74) is -0.963. The first-order chi connectivity index (χ1) is 20.3. The van der Waals surface area contributed by atoms with Gasteiger partial charge in [0, 0.05) is 18.3 Å². The highest BCUT2D eigenvalue weighted by Crippen LogP contribution is 2.44. The Bertz CT molecular complexity index is 1470. The van der Waals surface area contributed by atoms with Gasteiger partial charge in [-0.15, -0.1) is 11.3 Å². The molecule has 4 rings (SSSR count). The van der Waals surface area contributed by atoms with Gasteiger partial charge >= 0.3 is 12.1 Å². The van der Waals surface area contributed by atoms with E-state index in [1.807, 2.05) is 0 Å². The topological polar surface area (TPSA) is 148 Å². The number of nitrogens with zero attached hydrogens (tertiary/aromatic N) is 2. The number of amides is 3. The molecule has 2 bridgehead atoms. The number of carbonyl (C=O) groups excluding carboxylic acids is 4. The van der Waals surface area contributed by atoms with E-state index < -0.39 is 40.6 Å². The number of thiazole rings is 1. The van der Waals surface area contributed by atoms with Gasteiger partial charge in [0.05, 0.1) is 12.8 Å². The zero-order valence-electron chi connectivity index (χ0n) is 23.5. The number of ether oxygens (including phenoxy) is 1. The minimum atomic E-state index is -4.75. The van der Waals surface area contributed by atoms with Crippen molar-refractivity contribution in [3.05, 3.63) is 56.4 Å². The van der Waals surface area contributed by atoms with E-state index in [2.05, 4.69) is 25.7 Å². The molecular formula is C28H32F3N5O6S. The van der Waals surface area contributed by atoms with Gasteiger partial charge in [-0.25, -0.2) is 9.78 Å². The van der Waals surface area contributed by atoms with E-state index in [0.29, 0.717) is 11.8 Å². The fourth-order valence-electron chi connectivity index (χ4n) is 5.54. The predicted octanol–water partition coefficient (Wildman–Crippen LogP) is 3.18. The van der Waals surface area contributed by atoms with Crippen LogP contribution in [-0.2, 0) is 31.8 Å². The Morgan fingerprint density at radius 1 is 1.23 bits per heavy atom. The molecule has 0 saturated heterocycles. The normalized spacial score (nSPS) is 20.2. The van der Waals surface area contributed by atoms with Crippen molar-refractivity contribution in [1.29, 1.82) is 0 Å². The van der Waals surface area contributed by atoms with Crippen LogP contribution < -0.4 is 21.5 Å². The fraction of sp³-hybridized carbons (Fsp3) is 0.500. The smallest absolute Gasteiger partial charge is 0.443 e. The molecular weight excluding hydrogens is 591 g/mol. The third kappa shape index (κ3) is 8.09. The van der Waals surface area contributed by atoms with Crippen LogP contribution in [0.1, 0.15) is 58.9 Å². The van der Waals surface area contributed by atoms with Crippen molar-refractivity contribution in [3.63, 3.8) is 0 Å². The molecule has 3 N–H and O–H groups in total. The lowest BCUT2D eigenvalue weighted by Crippen LogP contribution is -2.45. The summed E-state index contributed by atoms with van der Waals surface area (Å²) in [6, 6.07) is 1.61. The molecule has 2 saturated carbocycles. The minimum absolute atomic E-state index is 0.0674. The van der Waals surface area contributed by atoms with Gasteiger partial charge in [0.1, 0.15) is 23.2 Å². The average Bonchev–Trinajstić information content (AvgIpc) is 3.68. The Labute approximate surface area is 248 Å². The molecule has 2 heterocycles. The number of pyridine rings is 1. The Morgan fingerprint density at radius 2 is 2.00 bits per heavy atom. The van der Waals surface area contributed by atoms with Crippen molar-refractivity contribution < 1.29 is 37.1 Å². The molecule has 0 aliphatic heterocycles. The maximum Gasteiger partial charge on any atom is 0.443 e. The Hall–Kier alpha value is -4.01. The highest BCUT2D eigenvalue weighted by atomic mass is 32.1. The van der Waals surface area contributed by atoms with Gasteiger partial charge in [-0.3, -0.25) is 19.2 Å². The van der Waals surface area contributed by atoms with Crippen LogP contribution in [0, 0.1) is 18.8 Å². The number of esters is 1. The molecule has 232 valence electrons. The maximum absolute atomic E-state index is 13.2. The third-order valence-electron chi connectivity index (χ3n) is 7.62. The third-order valence-corrected chi connectivity index (χ3v) is 8.82. The van der Waals surface area contributed by atoms with E-state index >= 15 is 0 Å². The summed E-state index contributed by atoms with van der Waals surface area (Å²) < 4.78 is 45.0. The average molecular weight is 624 g/mol. The van der Waals surface area contributed by atoms with Crippen LogP contribution in [0.25, 0.3) is 0 Å². The van der Waals surface area contributed by atoms with Gasteiger partial charge in [-0.2, -0.15) is 13.2 Å². The molecule has 4 atom stereocenters. The second kappa shape index (κ2) is 13.5. The number of hydrogen-bond donors (Lipinski definition) is 3. The fourth-order valence-corrected chi connectivity index (χ4v) is 6.37. The van der Waals surface area contributed by atoms with E-state index in [1.54, 1.807) is 0 Å². The van der Waals surface area contributed by atoms with Crippen molar-refractivity contribution in [2.45, 2.75) is 70.3 Å². The summed E-state index contributed by atoms with van der Waals surface area (Å²) in [6.07, 6.45) is 3.53. The van der Waals surface area contributed by atoms with Gasteiger partial charge in [-0.1, -0.05) is 12.5 Å². The molecule has 3 amide bonds. The van der Waals surface area contributed by atoms with E-state index in [4.69, 9.17) is 0 Å². The van der Waals surface area contributed by atoms with Gasteiger partial charge in [0.15, 0.2) is 5.01 Å². The molecule has 2 fully saturated rings. The first-order valence-electron chi connectivity index (χ1n) is 13.7. The van der Waals surface area contributed by atoms with Crippen LogP contribution in [0.2, 0.25) is 0 Å². The number of anilines is 1. The van der Waals surface area contributed by atoms with Gasteiger partial charge in [-0.05, 0) is 63.0 Å². The second-order valence-electron chi connectivity index (χ2n) is 10.7. The summed E-state index contributed by atoms with van der Waals surface area (Å²) in [4.78, 5) is 66.4. The quantitative estimate of drug-likeness (QED) is 0.257. The summed E-state index contributed by atoms with van der Waals surface area (Å²) >= 11 is 0.146. The molecule has 2 aliphatic rings. The van der Waals surface area contributed by atoms with Crippen LogP contribution in [-0.4, -0.2) is 52.4 Å². The molecule has 11 nitrogen and oxygen atoms in total. The number of nitrogens with one attached hydrogen (secondary N) is 3. The van der Waals surface area contributed by atoms with Gasteiger partial charge in [0.25, 0.3) is 11.5 Å². The summed E-state index contributed by atoms with van der Waals surface area (Å²) in [5.74, 6) is -1.64. The van der Waals surface area contributed by atoms with Crippen LogP contribution in [0.3, 0.4) is 0 Å². The lowest BCUT2D eigenvalue weighted by molar-refractivity contribution is -0.138. The minimum Gasteiger partial charge on any atom is -0.466 e. The summed E-state index contributed by atoms with van der Waals surface area (Å²) in [6.45, 7) is 0.996. The summed E-state index contributed by atoms with van der Waals surface area (Å²) in [7, 11) is 1.18. The van der Waals surface area contributed by atoms with E-state index in [1.165, 1.54) is 44.9 Å². The van der Waals surface area contributed by atoms with E-state index in [9.17, 15) is 37.1 Å². The van der Waals surface area contributed by atoms with E-state index in [0.717, 1.165) is 29.9 Å². The number of rotatable bonds is 11. The Morgan fingerprint density at radius 3 is 2.63 bits per heavy atom. The zero-order valence-corrected chi connectivity index (χ0v) is 24.3. The number of fused-ring (bicyclic) bond motifs is 2. The van der Waals surface area contributed by atoms with Crippen molar-refractivity contribution in [3.8, 4) is 0 Å². The standard InChI is InChI=1S/C28H32F3N5O6S/c1-15-23(43-27(32-15)28(29,30)31)25(40)34-18(6-3-4-8-22(38)42-2)24(39)35-19-7-5-11-36(26(19)41)14-21(37)33-20-13-16-9-10-17(20)12-16/h4-5,7-8,11,16-18,20H,3,6,9-10,12-14H2,1-2H3,(H,33,37)(H,34,40)(H,35,39)/b8-4+/t16?,17?,18-,20+/m0/s1. The number of aryl methyl sites for hydroxylation is 1. The highest BCUT2D eigenvalue weighted by Gasteiger charge is 2.40. The van der Waals surface area contributed by atoms with Gasteiger partial charge < -0.3 is 25.3 Å². The number of alkyl halides is 3. The number of halogens is 3. The molecule has 2 aromatic rings. The van der Waals surface area contributed by atoms with Crippen LogP contribution in [0.5, 0.6) is 0 Å². The number of allylic oxidation sites excluding steroid dienone is 1. The first-order valence-corrected chi connectivity index (χ1v) is 14.6. The van der Waals surface area contributed by atoms with Crippen molar-refractivity contribution in [2.75, 3.05) is 12.4 Å². The molecule has 0 aromatic carbocycles. The van der Waals surface area contributed by atoms with Crippen LogP contribution in [0.15, 0.2) is 35.3 Å². The number of carbonyl (C=O) groups is 4. The number of aromatic nitrogens is 2. The number of hydrogen-bond acceptors (Lipinski definition) is 8. The molecule has 0 radical (unpaired) electrons. The number of methoxy groups -OCH3 is 1. The van der Waals surface area contributed by atoms with E-state index in [-0.39, 0.29) is 58.9 Å². The van der Waals surface area contributed by atoms with Gasteiger partial charge in [0.2, 0.25) is 11.8 Å².